The van der Waals surface area contributed by atoms with Gasteiger partial charge in [0.2, 0.25) is 5.95 Å². The molecule has 0 fully saturated rings. The smallest absolute Gasteiger partial charge is 0.356 e. The molecule has 94 valence electrons. The van der Waals surface area contributed by atoms with Crippen molar-refractivity contribution >= 4 is 11.9 Å². The van der Waals surface area contributed by atoms with E-state index in [1.165, 1.54) is 6.20 Å². The molecule has 1 aromatic heterocycles. The van der Waals surface area contributed by atoms with E-state index in [-0.39, 0.29) is 5.69 Å². The monoisotopic (exact) mass is 248 g/mol. The van der Waals surface area contributed by atoms with Crippen LogP contribution in [0.3, 0.4) is 0 Å². The molecule has 2 N–H and O–H groups in total. The predicted molar refractivity (Wildman–Crippen MR) is 53.7 cm³/mol. The van der Waals surface area contributed by atoms with Crippen molar-refractivity contribution in [1.29, 1.82) is 0 Å². The van der Waals surface area contributed by atoms with Crippen LogP contribution in [0.25, 0.3) is 0 Å². The number of aromatic nitrogens is 2. The maximum absolute atomic E-state index is 11.9. The molecule has 1 aliphatic rings. The highest BCUT2D eigenvalue weighted by Gasteiger charge is 2.28. The van der Waals surface area contributed by atoms with Crippen molar-refractivity contribution in [3.8, 4) is 0 Å². The maximum atomic E-state index is 11.9. The molecule has 0 atom stereocenters. The fraction of sp³-hybridized carbons (Fsp3) is 0.556. The maximum Gasteiger partial charge on any atom is 0.405 e. The van der Waals surface area contributed by atoms with Gasteiger partial charge in [-0.2, -0.15) is 13.2 Å². The molecule has 2 heterocycles. The highest BCUT2D eigenvalue weighted by atomic mass is 19.4. The van der Waals surface area contributed by atoms with Gasteiger partial charge in [-0.05, 0) is 6.42 Å². The highest BCUT2D eigenvalue weighted by molar-refractivity contribution is 5.92. The number of rotatable bonds is 2. The largest absolute Gasteiger partial charge is 0.405 e. The summed E-state index contributed by atoms with van der Waals surface area (Å²) in [5, 5.41) is 4.74. The van der Waals surface area contributed by atoms with Crippen molar-refractivity contribution in [3.63, 3.8) is 0 Å². The number of fused-ring (bicyclic) bond motifs is 1. The third-order valence-electron chi connectivity index (χ3n) is 2.32. The normalized spacial score (nSPS) is 15.0. The molecule has 5 nitrogen and oxygen atoms in total. The number of aryl methyl sites for hydroxylation is 1. The topological polar surface area (TPSA) is 59.0 Å². The highest BCUT2D eigenvalue weighted by Crippen LogP contribution is 2.15. The zero-order chi connectivity index (χ0) is 12.5. The van der Waals surface area contributed by atoms with Gasteiger partial charge in [-0.1, -0.05) is 0 Å². The lowest BCUT2D eigenvalue weighted by Gasteiger charge is -2.14. The van der Waals surface area contributed by atoms with Crippen molar-refractivity contribution in [2.75, 3.05) is 18.4 Å². The summed E-state index contributed by atoms with van der Waals surface area (Å²) < 4.78 is 37.4. The Morgan fingerprint density at radius 3 is 3.00 bits per heavy atom. The summed E-state index contributed by atoms with van der Waals surface area (Å²) in [5.41, 5.74) is -0.00125. The van der Waals surface area contributed by atoms with Gasteiger partial charge < -0.3 is 15.2 Å². The summed E-state index contributed by atoms with van der Waals surface area (Å²) in [7, 11) is 0. The van der Waals surface area contributed by atoms with Crippen LogP contribution in [-0.4, -0.2) is 34.7 Å². The predicted octanol–water partition coefficient (Wildman–Crippen LogP) is 0.991. The molecule has 0 saturated heterocycles. The van der Waals surface area contributed by atoms with Gasteiger partial charge in [-0.15, -0.1) is 0 Å². The third kappa shape index (κ3) is 2.89. The molecular weight excluding hydrogens is 237 g/mol. The minimum Gasteiger partial charge on any atom is -0.356 e. The van der Waals surface area contributed by atoms with Gasteiger partial charge in [0.25, 0.3) is 5.91 Å². The van der Waals surface area contributed by atoms with Crippen LogP contribution in [0.4, 0.5) is 19.1 Å². The second-order valence-corrected chi connectivity index (χ2v) is 3.72. The Balaban J connectivity index is 2.02. The van der Waals surface area contributed by atoms with E-state index < -0.39 is 18.6 Å². The van der Waals surface area contributed by atoms with Crippen molar-refractivity contribution in [1.82, 2.24) is 14.9 Å². The Morgan fingerprint density at radius 2 is 2.35 bits per heavy atom. The number of alkyl halides is 3. The van der Waals surface area contributed by atoms with Crippen LogP contribution in [0.15, 0.2) is 6.20 Å². The minimum absolute atomic E-state index is 0.00125. The number of imidazole rings is 1. The van der Waals surface area contributed by atoms with Crippen LogP contribution in [-0.2, 0) is 6.54 Å². The molecule has 0 saturated carbocycles. The van der Waals surface area contributed by atoms with Crippen molar-refractivity contribution < 1.29 is 18.0 Å². The van der Waals surface area contributed by atoms with E-state index in [9.17, 15) is 18.0 Å². The number of anilines is 1. The van der Waals surface area contributed by atoms with E-state index in [0.29, 0.717) is 12.5 Å². The van der Waals surface area contributed by atoms with Crippen molar-refractivity contribution in [2.45, 2.75) is 19.1 Å². The number of carbonyl (C=O) groups excluding carboxylic acids is 1. The Morgan fingerprint density at radius 1 is 1.59 bits per heavy atom. The second kappa shape index (κ2) is 4.27. The molecule has 1 amide bonds. The zero-order valence-electron chi connectivity index (χ0n) is 8.84. The molecule has 2 rings (SSSR count). The minimum atomic E-state index is -4.41. The molecule has 0 aromatic carbocycles. The van der Waals surface area contributed by atoms with Crippen molar-refractivity contribution in [3.05, 3.63) is 11.9 Å². The van der Waals surface area contributed by atoms with E-state index in [0.717, 1.165) is 13.0 Å². The van der Waals surface area contributed by atoms with Gasteiger partial charge in [-0.25, -0.2) is 4.98 Å². The van der Waals surface area contributed by atoms with Crippen LogP contribution < -0.4 is 10.6 Å². The average Bonchev–Trinajstić information content (AvgIpc) is 2.68. The molecule has 0 spiro atoms. The first-order valence-electron chi connectivity index (χ1n) is 5.12. The average molecular weight is 248 g/mol. The SMILES string of the molecule is O=C(NCC(F)(F)F)c1cn2c(n1)NCCC2. The third-order valence-corrected chi connectivity index (χ3v) is 2.32. The van der Waals surface area contributed by atoms with Gasteiger partial charge in [0, 0.05) is 19.3 Å². The number of halogens is 3. The molecule has 0 radical (unpaired) electrons. The van der Waals surface area contributed by atoms with E-state index in [4.69, 9.17) is 0 Å². The first kappa shape index (κ1) is 11.7. The van der Waals surface area contributed by atoms with E-state index >= 15 is 0 Å². The molecule has 8 heteroatoms. The number of nitrogens with one attached hydrogen (secondary N) is 2. The summed E-state index contributed by atoms with van der Waals surface area (Å²) >= 11 is 0. The lowest BCUT2D eigenvalue weighted by atomic mass is 10.4. The summed E-state index contributed by atoms with van der Waals surface area (Å²) in [6.45, 7) is 0.115. The van der Waals surface area contributed by atoms with E-state index in [1.54, 1.807) is 9.88 Å². The Bertz CT molecular complexity index is 403. The molecule has 1 aliphatic heterocycles. The van der Waals surface area contributed by atoms with Crippen molar-refractivity contribution in [2.24, 2.45) is 0 Å². The van der Waals surface area contributed by atoms with Crippen LogP contribution in [0.1, 0.15) is 16.9 Å². The van der Waals surface area contributed by atoms with Crippen LogP contribution in [0.2, 0.25) is 0 Å². The Hall–Kier alpha value is -1.73. The molecule has 0 bridgehead atoms. The quantitative estimate of drug-likeness (QED) is 0.820. The fourth-order valence-electron chi connectivity index (χ4n) is 1.56. The first-order chi connectivity index (χ1) is 7.96. The number of amides is 1. The van der Waals surface area contributed by atoms with Gasteiger partial charge in [0.05, 0.1) is 0 Å². The van der Waals surface area contributed by atoms with Crippen LogP contribution in [0, 0.1) is 0 Å². The van der Waals surface area contributed by atoms with E-state index in [2.05, 4.69) is 10.3 Å². The van der Waals surface area contributed by atoms with Gasteiger partial charge >= 0.3 is 6.18 Å². The summed E-state index contributed by atoms with van der Waals surface area (Å²) in [6.07, 6.45) is -2.06. The molecule has 0 aliphatic carbocycles. The number of nitrogens with zero attached hydrogens (tertiary/aromatic N) is 2. The molecule has 0 unspecified atom stereocenters. The summed E-state index contributed by atoms with van der Waals surface area (Å²) in [5.74, 6) is -0.292. The van der Waals surface area contributed by atoms with Gasteiger partial charge in [0.15, 0.2) is 0 Å². The zero-order valence-corrected chi connectivity index (χ0v) is 8.84. The fourth-order valence-corrected chi connectivity index (χ4v) is 1.56. The standard InChI is InChI=1S/C9H11F3N4O/c10-9(11,12)5-14-7(17)6-4-16-3-1-2-13-8(16)15-6/h4H,1-3,5H2,(H,13,15)(H,14,17). The second-order valence-electron chi connectivity index (χ2n) is 3.72. The van der Waals surface area contributed by atoms with Crippen LogP contribution >= 0.6 is 0 Å². The molecule has 1 aromatic rings. The Labute approximate surface area is 95.0 Å². The summed E-state index contributed by atoms with van der Waals surface area (Å²) in [6, 6.07) is 0. The molecular formula is C9H11F3N4O. The van der Waals surface area contributed by atoms with Crippen LogP contribution in [0.5, 0.6) is 0 Å². The number of hydrogen-bond acceptors (Lipinski definition) is 3. The number of carbonyl (C=O) groups is 1. The lowest BCUT2D eigenvalue weighted by Crippen LogP contribution is -2.33. The Kier molecular flexibility index (Phi) is 2.95. The summed E-state index contributed by atoms with van der Waals surface area (Å²) in [4.78, 5) is 15.3. The number of hydrogen-bond donors (Lipinski definition) is 2. The first-order valence-corrected chi connectivity index (χ1v) is 5.12. The van der Waals surface area contributed by atoms with Gasteiger partial charge in [-0.3, -0.25) is 4.79 Å². The van der Waals surface area contributed by atoms with E-state index in [1.807, 2.05) is 0 Å². The van der Waals surface area contributed by atoms with Gasteiger partial charge in [0.1, 0.15) is 12.2 Å². The molecule has 17 heavy (non-hydrogen) atoms. The lowest BCUT2D eigenvalue weighted by molar-refractivity contribution is -0.123.